The number of anilines is 1. The van der Waals surface area contributed by atoms with Gasteiger partial charge < -0.3 is 10.1 Å². The topological polar surface area (TPSA) is 69.0 Å². The van der Waals surface area contributed by atoms with Crippen LogP contribution in [0, 0.1) is 0 Å². The van der Waals surface area contributed by atoms with E-state index >= 15 is 0 Å². The third-order valence-electron chi connectivity index (χ3n) is 4.46. The van der Waals surface area contributed by atoms with Crippen molar-refractivity contribution in [3.8, 4) is 5.69 Å². The molecule has 0 saturated carbocycles. The number of rotatable bonds is 7. The Morgan fingerprint density at radius 1 is 1.07 bits per heavy atom. The van der Waals surface area contributed by atoms with Crippen LogP contribution in [0.3, 0.4) is 0 Å². The first kappa shape index (κ1) is 20.4. The van der Waals surface area contributed by atoms with Crippen molar-refractivity contribution in [2.75, 3.05) is 18.2 Å². The Morgan fingerprint density at radius 2 is 1.83 bits per heavy atom. The lowest BCUT2D eigenvalue weighted by atomic mass is 10.1. The van der Waals surface area contributed by atoms with E-state index in [1.165, 1.54) is 11.8 Å². The van der Waals surface area contributed by atoms with E-state index < -0.39 is 0 Å². The lowest BCUT2D eigenvalue weighted by molar-refractivity contribution is -0.113. The Labute approximate surface area is 183 Å². The molecular formula is C22H19ClN4O2S. The number of nitrogens with one attached hydrogen (secondary N) is 1. The molecule has 0 radical (unpaired) electrons. The van der Waals surface area contributed by atoms with Crippen LogP contribution in [0.1, 0.15) is 5.82 Å². The minimum Gasteiger partial charge on any atom is -0.377 e. The second kappa shape index (κ2) is 9.30. The molecule has 0 atom stereocenters. The number of fused-ring (bicyclic) bond motifs is 1. The van der Waals surface area contributed by atoms with E-state index in [-0.39, 0.29) is 11.7 Å². The smallest absolute Gasteiger partial charge is 0.234 e. The predicted octanol–water partition coefficient (Wildman–Crippen LogP) is 4.95. The van der Waals surface area contributed by atoms with Gasteiger partial charge in [0, 0.05) is 12.5 Å². The number of hydrogen-bond donors (Lipinski definition) is 1. The van der Waals surface area contributed by atoms with E-state index in [4.69, 9.17) is 16.3 Å². The fraction of sp³-hybridized carbons (Fsp3) is 0.136. The molecule has 1 aromatic heterocycles. The van der Waals surface area contributed by atoms with Crippen molar-refractivity contribution in [1.29, 1.82) is 0 Å². The first-order valence-corrected chi connectivity index (χ1v) is 10.6. The Bertz CT molecular complexity index is 1190. The summed E-state index contributed by atoms with van der Waals surface area (Å²) >= 11 is 7.43. The van der Waals surface area contributed by atoms with Crippen LogP contribution in [0.25, 0.3) is 16.5 Å². The number of carbonyl (C=O) groups is 1. The summed E-state index contributed by atoms with van der Waals surface area (Å²) in [5, 5.41) is 14.7. The average Bonchev–Trinajstić information content (AvgIpc) is 3.16. The van der Waals surface area contributed by atoms with Crippen molar-refractivity contribution >= 4 is 45.7 Å². The van der Waals surface area contributed by atoms with E-state index in [0.29, 0.717) is 28.3 Å². The second-order valence-corrected chi connectivity index (χ2v) is 7.83. The molecule has 1 amide bonds. The van der Waals surface area contributed by atoms with E-state index in [2.05, 4.69) is 33.7 Å². The molecule has 6 nitrogen and oxygen atoms in total. The van der Waals surface area contributed by atoms with E-state index in [1.807, 2.05) is 41.0 Å². The maximum atomic E-state index is 12.5. The predicted molar refractivity (Wildman–Crippen MR) is 120 cm³/mol. The zero-order chi connectivity index (χ0) is 20.9. The monoisotopic (exact) mass is 438 g/mol. The van der Waals surface area contributed by atoms with Gasteiger partial charge >= 0.3 is 0 Å². The number of nitrogens with zero attached hydrogens (tertiary/aromatic N) is 3. The van der Waals surface area contributed by atoms with Gasteiger partial charge in [0.1, 0.15) is 6.61 Å². The molecule has 4 aromatic rings. The number of ether oxygens (including phenoxy) is 1. The minimum absolute atomic E-state index is 0.168. The summed E-state index contributed by atoms with van der Waals surface area (Å²) in [7, 11) is 1.62. The van der Waals surface area contributed by atoms with Crippen molar-refractivity contribution in [1.82, 2.24) is 14.8 Å². The highest BCUT2D eigenvalue weighted by molar-refractivity contribution is 7.99. The molecule has 0 aliphatic heterocycles. The molecule has 1 N–H and O–H groups in total. The van der Waals surface area contributed by atoms with Crippen LogP contribution in [0.2, 0.25) is 5.02 Å². The van der Waals surface area contributed by atoms with Crippen molar-refractivity contribution in [2.24, 2.45) is 0 Å². The number of benzene rings is 3. The zero-order valence-electron chi connectivity index (χ0n) is 16.2. The fourth-order valence-corrected chi connectivity index (χ4v) is 4.09. The van der Waals surface area contributed by atoms with Crippen LogP contribution in [-0.4, -0.2) is 33.5 Å². The van der Waals surface area contributed by atoms with Gasteiger partial charge in [0.25, 0.3) is 0 Å². The van der Waals surface area contributed by atoms with Crippen LogP contribution < -0.4 is 5.32 Å². The number of thioether (sulfide) groups is 1. The average molecular weight is 439 g/mol. The third kappa shape index (κ3) is 4.33. The van der Waals surface area contributed by atoms with Crippen molar-refractivity contribution in [3.63, 3.8) is 0 Å². The lowest BCUT2D eigenvalue weighted by Crippen LogP contribution is -2.15. The highest BCUT2D eigenvalue weighted by atomic mass is 35.5. The van der Waals surface area contributed by atoms with Gasteiger partial charge in [-0.2, -0.15) is 0 Å². The van der Waals surface area contributed by atoms with Gasteiger partial charge in [0.15, 0.2) is 11.0 Å². The standard InChI is InChI=1S/C22H19ClN4O2S/c1-29-13-20-25-26-22(30-14-21(28)24-18-11-5-4-10-17(18)23)27(20)19-12-6-8-15-7-2-3-9-16(15)19/h2-12H,13-14H2,1H3,(H,24,28). The Kier molecular flexibility index (Phi) is 6.32. The molecule has 1 heterocycles. The molecule has 30 heavy (non-hydrogen) atoms. The molecule has 152 valence electrons. The number of amides is 1. The second-order valence-electron chi connectivity index (χ2n) is 6.48. The van der Waals surface area contributed by atoms with Gasteiger partial charge in [-0.1, -0.05) is 71.9 Å². The van der Waals surface area contributed by atoms with Gasteiger partial charge in [0.05, 0.1) is 22.2 Å². The van der Waals surface area contributed by atoms with Crippen LogP contribution >= 0.6 is 23.4 Å². The maximum Gasteiger partial charge on any atom is 0.234 e. The normalized spacial score (nSPS) is 11.0. The Morgan fingerprint density at radius 3 is 2.67 bits per heavy atom. The van der Waals surface area contributed by atoms with E-state index in [0.717, 1.165) is 16.5 Å². The number of aromatic nitrogens is 3. The number of methoxy groups -OCH3 is 1. The zero-order valence-corrected chi connectivity index (χ0v) is 17.8. The minimum atomic E-state index is -0.172. The lowest BCUT2D eigenvalue weighted by Gasteiger charge is -2.13. The summed E-state index contributed by atoms with van der Waals surface area (Å²) in [4.78, 5) is 12.5. The summed E-state index contributed by atoms with van der Waals surface area (Å²) in [6.07, 6.45) is 0. The van der Waals surface area contributed by atoms with Crippen LogP contribution in [0.15, 0.2) is 71.9 Å². The van der Waals surface area contributed by atoms with Crippen molar-refractivity contribution < 1.29 is 9.53 Å². The van der Waals surface area contributed by atoms with Crippen LogP contribution in [0.4, 0.5) is 5.69 Å². The molecule has 0 fully saturated rings. The summed E-state index contributed by atoms with van der Waals surface area (Å²) in [5.74, 6) is 0.665. The molecule has 0 aliphatic rings. The summed E-state index contributed by atoms with van der Waals surface area (Å²) in [6, 6.07) is 21.3. The first-order valence-electron chi connectivity index (χ1n) is 9.26. The number of carbonyl (C=O) groups excluding carboxylic acids is 1. The molecule has 3 aromatic carbocycles. The summed E-state index contributed by atoms with van der Waals surface area (Å²) < 4.78 is 7.25. The summed E-state index contributed by atoms with van der Waals surface area (Å²) in [5.41, 5.74) is 1.53. The molecule has 0 aliphatic carbocycles. The number of hydrogen-bond acceptors (Lipinski definition) is 5. The van der Waals surface area contributed by atoms with Crippen LogP contribution in [-0.2, 0) is 16.1 Å². The van der Waals surface area contributed by atoms with Gasteiger partial charge in [0.2, 0.25) is 5.91 Å². The highest BCUT2D eigenvalue weighted by Gasteiger charge is 2.17. The molecule has 0 bridgehead atoms. The quantitative estimate of drug-likeness (QED) is 0.413. The van der Waals surface area contributed by atoms with E-state index in [9.17, 15) is 4.79 Å². The Balaban J connectivity index is 1.62. The molecule has 0 unspecified atom stereocenters. The number of para-hydroxylation sites is 1. The highest BCUT2D eigenvalue weighted by Crippen LogP contribution is 2.28. The van der Waals surface area contributed by atoms with Gasteiger partial charge in [-0.3, -0.25) is 9.36 Å². The van der Waals surface area contributed by atoms with Gasteiger partial charge in [-0.05, 0) is 23.6 Å². The third-order valence-corrected chi connectivity index (χ3v) is 5.72. The Hall–Kier alpha value is -2.87. The first-order chi connectivity index (χ1) is 14.7. The van der Waals surface area contributed by atoms with Crippen molar-refractivity contribution in [3.05, 3.63) is 77.6 Å². The fourth-order valence-electron chi connectivity index (χ4n) is 3.14. The SMILES string of the molecule is COCc1nnc(SCC(=O)Nc2ccccc2Cl)n1-c1cccc2ccccc12. The molecule has 8 heteroatoms. The largest absolute Gasteiger partial charge is 0.377 e. The summed E-state index contributed by atoms with van der Waals surface area (Å²) in [6.45, 7) is 0.308. The molecule has 0 saturated heterocycles. The number of halogens is 1. The molecular weight excluding hydrogens is 420 g/mol. The molecule has 0 spiro atoms. The maximum absolute atomic E-state index is 12.5. The van der Waals surface area contributed by atoms with E-state index in [1.54, 1.807) is 19.2 Å². The molecule has 4 rings (SSSR count). The van der Waals surface area contributed by atoms with Crippen molar-refractivity contribution in [2.45, 2.75) is 11.8 Å². The van der Waals surface area contributed by atoms with Gasteiger partial charge in [-0.15, -0.1) is 10.2 Å². The van der Waals surface area contributed by atoms with Gasteiger partial charge in [-0.25, -0.2) is 0 Å². The van der Waals surface area contributed by atoms with Crippen LogP contribution in [0.5, 0.6) is 0 Å².